The molecule has 0 radical (unpaired) electrons. The van der Waals surface area contributed by atoms with Crippen LogP contribution in [0.4, 0.5) is 0 Å². The van der Waals surface area contributed by atoms with E-state index in [1.54, 1.807) is 12.3 Å². The topological polar surface area (TPSA) is 57.4 Å². The van der Waals surface area contributed by atoms with Crippen LogP contribution in [0, 0.1) is 5.92 Å². The van der Waals surface area contributed by atoms with Gasteiger partial charge in [0, 0.05) is 29.3 Å². The number of rotatable bonds is 8. The first-order chi connectivity index (χ1) is 15.1. The van der Waals surface area contributed by atoms with Gasteiger partial charge in [0.1, 0.15) is 0 Å². The maximum atomic E-state index is 13.0. The molecule has 1 aromatic heterocycles. The van der Waals surface area contributed by atoms with Gasteiger partial charge in [0.25, 0.3) is 5.91 Å². The van der Waals surface area contributed by atoms with Crippen molar-refractivity contribution < 1.29 is 9.53 Å². The number of aromatic amines is 1. The first-order valence-corrected chi connectivity index (χ1v) is 11.4. The number of benzene rings is 2. The summed E-state index contributed by atoms with van der Waals surface area (Å²) in [6.07, 6.45) is 5.29. The number of aromatic nitrogens is 1. The van der Waals surface area contributed by atoms with Crippen molar-refractivity contribution in [2.24, 2.45) is 5.92 Å². The monoisotopic (exact) mass is 439 g/mol. The summed E-state index contributed by atoms with van der Waals surface area (Å²) in [6.45, 7) is 3.52. The number of nitrogens with one attached hydrogen (secondary N) is 2. The summed E-state index contributed by atoms with van der Waals surface area (Å²) in [5, 5.41) is 4.71. The molecule has 5 nitrogen and oxygen atoms in total. The largest absolute Gasteiger partial charge is 0.379 e. The number of likely N-dealkylation sites (tertiary alicyclic amines) is 1. The third-order valence-corrected chi connectivity index (χ3v) is 6.51. The Bertz CT molecular complexity index is 996. The Morgan fingerprint density at radius 1 is 1.23 bits per heavy atom. The number of fused-ring (bicyclic) bond motifs is 1. The fourth-order valence-corrected chi connectivity index (χ4v) is 4.40. The maximum Gasteiger partial charge on any atom is 0.251 e. The molecule has 1 saturated heterocycles. The summed E-state index contributed by atoms with van der Waals surface area (Å²) in [4.78, 5) is 18.5. The van der Waals surface area contributed by atoms with Crippen molar-refractivity contribution in [1.82, 2.24) is 15.2 Å². The molecule has 4 rings (SSSR count). The Hall–Kier alpha value is -2.34. The van der Waals surface area contributed by atoms with Crippen molar-refractivity contribution in [1.29, 1.82) is 0 Å². The van der Waals surface area contributed by atoms with E-state index in [2.05, 4.69) is 22.2 Å². The van der Waals surface area contributed by atoms with Crippen molar-refractivity contribution in [2.75, 3.05) is 33.4 Å². The fraction of sp³-hybridized carbons (Fsp3) is 0.400. The van der Waals surface area contributed by atoms with E-state index in [9.17, 15) is 4.79 Å². The molecule has 1 aliphatic heterocycles. The smallest absolute Gasteiger partial charge is 0.251 e. The highest BCUT2D eigenvalue weighted by Crippen LogP contribution is 2.24. The van der Waals surface area contributed by atoms with E-state index in [1.165, 1.54) is 25.9 Å². The molecule has 0 aliphatic carbocycles. The number of ether oxygens (including phenoxy) is 1. The van der Waals surface area contributed by atoms with Gasteiger partial charge in [-0.15, -0.1) is 0 Å². The molecule has 2 heterocycles. The summed E-state index contributed by atoms with van der Waals surface area (Å²) in [5.74, 6) is 0.612. The zero-order chi connectivity index (χ0) is 21.6. The molecule has 164 valence electrons. The van der Waals surface area contributed by atoms with E-state index in [1.807, 2.05) is 42.5 Å². The van der Waals surface area contributed by atoms with Crippen molar-refractivity contribution in [3.8, 4) is 0 Å². The number of amides is 1. The van der Waals surface area contributed by atoms with Crippen LogP contribution in [0.15, 0.2) is 54.7 Å². The van der Waals surface area contributed by atoms with E-state index < -0.39 is 0 Å². The molecule has 0 spiro atoms. The zero-order valence-corrected chi connectivity index (χ0v) is 18.7. The number of nitrogens with zero attached hydrogens (tertiary/aromatic N) is 1. The van der Waals surface area contributed by atoms with Gasteiger partial charge >= 0.3 is 0 Å². The lowest BCUT2D eigenvalue weighted by Crippen LogP contribution is -2.32. The van der Waals surface area contributed by atoms with Crippen LogP contribution >= 0.6 is 11.6 Å². The number of hydrogen-bond donors (Lipinski definition) is 2. The Labute approximate surface area is 188 Å². The minimum absolute atomic E-state index is 0.125. The standard InChI is InChI=1S/C25H30ClN3O2/c1-29-12-9-18(10-13-29)11-14-31-17-24(19-5-3-2-4-6-19)28-25(30)20-7-8-21-22(26)16-27-23(21)15-20/h2-8,15-16,18,24,27H,9-14,17H2,1H3,(H,28,30)/t24-/m0/s1. The average molecular weight is 440 g/mol. The molecule has 0 saturated carbocycles. The van der Waals surface area contributed by atoms with E-state index in [0.29, 0.717) is 17.2 Å². The second-order valence-corrected chi connectivity index (χ2v) is 8.85. The van der Waals surface area contributed by atoms with Crippen LogP contribution in [0.1, 0.15) is 41.2 Å². The quantitative estimate of drug-likeness (QED) is 0.483. The molecular weight excluding hydrogens is 410 g/mol. The molecular formula is C25H30ClN3O2. The highest BCUT2D eigenvalue weighted by Gasteiger charge is 2.19. The second-order valence-electron chi connectivity index (χ2n) is 8.44. The summed E-state index contributed by atoms with van der Waals surface area (Å²) in [5.41, 5.74) is 2.49. The highest BCUT2D eigenvalue weighted by atomic mass is 35.5. The number of carbonyl (C=O) groups is 1. The molecule has 1 aliphatic rings. The van der Waals surface area contributed by atoms with Gasteiger partial charge in [-0.25, -0.2) is 0 Å². The van der Waals surface area contributed by atoms with Gasteiger partial charge in [-0.3, -0.25) is 4.79 Å². The zero-order valence-electron chi connectivity index (χ0n) is 17.9. The summed E-state index contributed by atoms with van der Waals surface area (Å²) >= 11 is 6.15. The van der Waals surface area contributed by atoms with Crippen LogP contribution in [0.25, 0.3) is 10.9 Å². The lowest BCUT2D eigenvalue weighted by molar-refractivity contribution is 0.0766. The number of halogens is 1. The Balaban J connectivity index is 1.37. The van der Waals surface area contributed by atoms with Gasteiger partial charge in [0.2, 0.25) is 0 Å². The first-order valence-electron chi connectivity index (χ1n) is 11.0. The predicted octanol–water partition coefficient (Wildman–Crippen LogP) is 5.04. The molecule has 1 amide bonds. The van der Waals surface area contributed by atoms with Crippen LogP contribution in [-0.4, -0.2) is 49.1 Å². The van der Waals surface area contributed by atoms with E-state index in [4.69, 9.17) is 16.3 Å². The minimum atomic E-state index is -0.200. The van der Waals surface area contributed by atoms with E-state index >= 15 is 0 Å². The van der Waals surface area contributed by atoms with Gasteiger partial charge < -0.3 is 19.9 Å². The molecule has 2 aromatic carbocycles. The average Bonchev–Trinajstić information content (AvgIpc) is 3.17. The lowest BCUT2D eigenvalue weighted by Gasteiger charge is -2.29. The first kappa shape index (κ1) is 21.9. The van der Waals surface area contributed by atoms with Crippen LogP contribution in [0.5, 0.6) is 0 Å². The van der Waals surface area contributed by atoms with Gasteiger partial charge in [0.15, 0.2) is 0 Å². The number of hydrogen-bond acceptors (Lipinski definition) is 3. The van der Waals surface area contributed by atoms with Crippen molar-refractivity contribution in [2.45, 2.75) is 25.3 Å². The molecule has 0 bridgehead atoms. The SMILES string of the molecule is CN1CCC(CCOC[C@H](NC(=O)c2ccc3c(Cl)c[nH]c3c2)c2ccccc2)CC1. The Kier molecular flexibility index (Phi) is 7.28. The number of piperidine rings is 1. The summed E-state index contributed by atoms with van der Waals surface area (Å²) in [7, 11) is 2.18. The van der Waals surface area contributed by atoms with Crippen molar-refractivity contribution in [3.63, 3.8) is 0 Å². The molecule has 1 atom stereocenters. The fourth-order valence-electron chi connectivity index (χ4n) is 4.18. The number of carbonyl (C=O) groups excluding carboxylic acids is 1. The molecule has 6 heteroatoms. The summed E-state index contributed by atoms with van der Waals surface area (Å²) in [6, 6.07) is 15.3. The third-order valence-electron chi connectivity index (χ3n) is 6.19. The van der Waals surface area contributed by atoms with Gasteiger partial charge in [0.05, 0.1) is 17.7 Å². The molecule has 3 aromatic rings. The lowest BCUT2D eigenvalue weighted by atomic mass is 9.94. The Morgan fingerprint density at radius 3 is 2.77 bits per heavy atom. The molecule has 0 unspecified atom stereocenters. The van der Waals surface area contributed by atoms with Gasteiger partial charge in [-0.2, -0.15) is 0 Å². The minimum Gasteiger partial charge on any atom is -0.379 e. The van der Waals surface area contributed by atoms with Crippen LogP contribution in [0.3, 0.4) is 0 Å². The van der Waals surface area contributed by atoms with Crippen molar-refractivity contribution in [3.05, 3.63) is 70.9 Å². The van der Waals surface area contributed by atoms with Crippen LogP contribution in [0.2, 0.25) is 5.02 Å². The Morgan fingerprint density at radius 2 is 2.00 bits per heavy atom. The maximum absolute atomic E-state index is 13.0. The van der Waals surface area contributed by atoms with Gasteiger partial charge in [-0.1, -0.05) is 48.0 Å². The highest BCUT2D eigenvalue weighted by molar-refractivity contribution is 6.35. The molecule has 2 N–H and O–H groups in total. The third kappa shape index (κ3) is 5.67. The van der Waals surface area contributed by atoms with Gasteiger partial charge in [-0.05, 0) is 63.0 Å². The number of H-pyrrole nitrogens is 1. The normalized spacial score (nSPS) is 16.5. The van der Waals surface area contributed by atoms with Crippen molar-refractivity contribution >= 4 is 28.4 Å². The van der Waals surface area contributed by atoms with Crippen LogP contribution in [-0.2, 0) is 4.74 Å². The second kappa shape index (κ2) is 10.3. The summed E-state index contributed by atoms with van der Waals surface area (Å²) < 4.78 is 6.04. The molecule has 1 fully saturated rings. The van der Waals surface area contributed by atoms with Crippen LogP contribution < -0.4 is 5.32 Å². The molecule has 31 heavy (non-hydrogen) atoms. The van der Waals surface area contributed by atoms with E-state index in [-0.39, 0.29) is 11.9 Å². The van der Waals surface area contributed by atoms with E-state index in [0.717, 1.165) is 35.4 Å². The predicted molar refractivity (Wildman–Crippen MR) is 126 cm³/mol.